The molecule has 210 valence electrons. The number of phenols is 1. The molecule has 1 saturated carbocycles. The summed E-state index contributed by atoms with van der Waals surface area (Å²) < 4.78 is 0. The van der Waals surface area contributed by atoms with E-state index >= 15 is 0 Å². The molecule has 42 heavy (non-hydrogen) atoms. The molecule has 0 radical (unpaired) electrons. The molecule has 2 aliphatic carbocycles. The molecule has 3 aromatic carbocycles. The number of fused-ring (bicyclic) bond motifs is 4. The summed E-state index contributed by atoms with van der Waals surface area (Å²) in [6.45, 7) is 3.81. The van der Waals surface area contributed by atoms with Crippen LogP contribution in [0, 0.1) is 29.6 Å². The van der Waals surface area contributed by atoms with Crippen molar-refractivity contribution in [2.75, 3.05) is 9.80 Å². The summed E-state index contributed by atoms with van der Waals surface area (Å²) in [5.41, 5.74) is 3.13. The van der Waals surface area contributed by atoms with Gasteiger partial charge >= 0.3 is 0 Å². The summed E-state index contributed by atoms with van der Waals surface area (Å²) in [6, 6.07) is 23.3. The maximum atomic E-state index is 14.2. The Kier molecular flexibility index (Phi) is 6.19. The number of hydrogen-bond acceptors (Lipinski definition) is 5. The van der Waals surface area contributed by atoms with Crippen molar-refractivity contribution in [3.63, 3.8) is 0 Å². The fraction of sp³-hybridized carbons (Fsp3) is 0.257. The number of anilines is 2. The number of aromatic hydroxyl groups is 1. The van der Waals surface area contributed by atoms with E-state index in [9.17, 15) is 24.3 Å². The normalized spacial score (nSPS) is 28.3. The van der Waals surface area contributed by atoms with Crippen LogP contribution in [0.25, 0.3) is 0 Å². The average Bonchev–Trinajstić information content (AvgIpc) is 3.42. The molecule has 0 aromatic heterocycles. The zero-order valence-electron chi connectivity index (χ0n) is 22.9. The molecule has 0 spiro atoms. The van der Waals surface area contributed by atoms with Crippen LogP contribution in [0.3, 0.4) is 0 Å². The summed E-state index contributed by atoms with van der Waals surface area (Å²) in [4.78, 5) is 58.4. The molecule has 4 amide bonds. The van der Waals surface area contributed by atoms with Gasteiger partial charge in [-0.2, -0.15) is 0 Å². The first-order valence-corrected chi connectivity index (χ1v) is 14.4. The highest BCUT2D eigenvalue weighted by atomic mass is 16.3. The van der Waals surface area contributed by atoms with E-state index in [1.54, 1.807) is 60.7 Å². The van der Waals surface area contributed by atoms with E-state index in [0.717, 1.165) is 5.57 Å². The third-order valence-corrected chi connectivity index (χ3v) is 9.53. The third-order valence-electron chi connectivity index (χ3n) is 9.53. The number of nitrogens with zero attached hydrogens (tertiary/aromatic N) is 2. The first-order chi connectivity index (χ1) is 20.4. The standard InChI is InChI=1S/C35H30N2O5/c1-2-10-20-11-9-16-24(31(20)38)28-23-17-18-25-29(34(41)36(32(25)39)21-12-5-3-6-13-21)26(23)19-27-30(28)35(42)37(33(27)40)22-14-7-4-8-15-22/h2-9,11-17,25-30,38H,1,10,18-19H2/t25-,26+,27+,28+,29-,30+/m0/s1. The van der Waals surface area contributed by atoms with Crippen molar-refractivity contribution in [1.29, 1.82) is 0 Å². The van der Waals surface area contributed by atoms with Gasteiger partial charge in [0, 0.05) is 11.5 Å². The molecule has 2 heterocycles. The quantitative estimate of drug-likeness (QED) is 0.345. The van der Waals surface area contributed by atoms with Crippen LogP contribution in [0.4, 0.5) is 11.4 Å². The number of para-hydroxylation sites is 3. The van der Waals surface area contributed by atoms with E-state index in [1.807, 2.05) is 30.3 Å². The van der Waals surface area contributed by atoms with Gasteiger partial charge in [-0.1, -0.05) is 72.3 Å². The first kappa shape index (κ1) is 26.1. The lowest BCUT2D eigenvalue weighted by molar-refractivity contribution is -0.126. The van der Waals surface area contributed by atoms with Crippen LogP contribution in [0.1, 0.15) is 29.9 Å². The summed E-state index contributed by atoms with van der Waals surface area (Å²) in [7, 11) is 0. The van der Waals surface area contributed by atoms with Gasteiger partial charge in [-0.15, -0.1) is 6.58 Å². The molecule has 4 aliphatic rings. The van der Waals surface area contributed by atoms with Crippen molar-refractivity contribution >= 4 is 35.0 Å². The van der Waals surface area contributed by atoms with Gasteiger partial charge in [-0.25, -0.2) is 0 Å². The highest BCUT2D eigenvalue weighted by molar-refractivity contribution is 6.24. The maximum absolute atomic E-state index is 14.2. The molecular weight excluding hydrogens is 528 g/mol. The van der Waals surface area contributed by atoms with Crippen LogP contribution < -0.4 is 9.80 Å². The largest absolute Gasteiger partial charge is 0.507 e. The predicted octanol–water partition coefficient (Wildman–Crippen LogP) is 5.17. The Balaban J connectivity index is 1.37. The van der Waals surface area contributed by atoms with Crippen molar-refractivity contribution in [1.82, 2.24) is 0 Å². The summed E-state index contributed by atoms with van der Waals surface area (Å²) in [5, 5.41) is 11.5. The second-order valence-electron chi connectivity index (χ2n) is 11.6. The zero-order chi connectivity index (χ0) is 29.1. The molecule has 6 atom stereocenters. The van der Waals surface area contributed by atoms with E-state index in [-0.39, 0.29) is 35.8 Å². The number of carbonyl (C=O) groups is 4. The number of amides is 4. The minimum Gasteiger partial charge on any atom is -0.507 e. The number of carbonyl (C=O) groups excluding carboxylic acids is 4. The van der Waals surface area contributed by atoms with Gasteiger partial charge in [-0.3, -0.25) is 29.0 Å². The number of imide groups is 2. The summed E-state index contributed by atoms with van der Waals surface area (Å²) in [6.07, 6.45) is 4.79. The van der Waals surface area contributed by atoms with Crippen LogP contribution in [0.5, 0.6) is 5.75 Å². The van der Waals surface area contributed by atoms with Crippen LogP contribution in [-0.2, 0) is 25.6 Å². The van der Waals surface area contributed by atoms with E-state index < -0.39 is 35.5 Å². The van der Waals surface area contributed by atoms with E-state index in [2.05, 4.69) is 6.58 Å². The van der Waals surface area contributed by atoms with Crippen molar-refractivity contribution < 1.29 is 24.3 Å². The van der Waals surface area contributed by atoms with E-state index in [4.69, 9.17) is 0 Å². The monoisotopic (exact) mass is 558 g/mol. The summed E-state index contributed by atoms with van der Waals surface area (Å²) >= 11 is 0. The molecular formula is C35H30N2O5. The topological polar surface area (TPSA) is 95.0 Å². The van der Waals surface area contributed by atoms with Gasteiger partial charge in [0.1, 0.15) is 5.75 Å². The Morgan fingerprint density at radius 2 is 1.31 bits per heavy atom. The molecule has 2 aliphatic heterocycles. The van der Waals surface area contributed by atoms with Gasteiger partial charge in [0.15, 0.2) is 0 Å². The molecule has 7 nitrogen and oxygen atoms in total. The van der Waals surface area contributed by atoms with Gasteiger partial charge < -0.3 is 5.11 Å². The predicted molar refractivity (Wildman–Crippen MR) is 157 cm³/mol. The average molecular weight is 559 g/mol. The fourth-order valence-electron chi connectivity index (χ4n) is 7.78. The summed E-state index contributed by atoms with van der Waals surface area (Å²) in [5.74, 6) is -4.70. The van der Waals surface area contributed by atoms with E-state index in [0.29, 0.717) is 35.3 Å². The molecule has 3 aromatic rings. The Morgan fingerprint density at radius 1 is 0.714 bits per heavy atom. The number of rotatable bonds is 5. The fourth-order valence-corrected chi connectivity index (χ4v) is 7.78. The zero-order valence-corrected chi connectivity index (χ0v) is 22.9. The van der Waals surface area contributed by atoms with Crippen molar-refractivity contribution in [3.8, 4) is 5.75 Å². The van der Waals surface area contributed by atoms with Crippen LogP contribution in [-0.4, -0.2) is 28.7 Å². The van der Waals surface area contributed by atoms with E-state index in [1.165, 1.54) is 9.80 Å². The Labute approximate surface area is 243 Å². The number of benzene rings is 3. The molecule has 3 fully saturated rings. The number of allylic oxidation sites excluding steroid dienone is 3. The first-order valence-electron chi connectivity index (χ1n) is 14.4. The smallest absolute Gasteiger partial charge is 0.238 e. The second kappa shape index (κ2) is 9.94. The molecule has 1 N–H and O–H groups in total. The number of hydrogen-bond donors (Lipinski definition) is 1. The van der Waals surface area contributed by atoms with Gasteiger partial charge in [0.05, 0.1) is 35.0 Å². The third kappa shape index (κ3) is 3.73. The van der Waals surface area contributed by atoms with Crippen molar-refractivity contribution in [2.24, 2.45) is 29.6 Å². The van der Waals surface area contributed by atoms with Crippen molar-refractivity contribution in [3.05, 3.63) is 114 Å². The van der Waals surface area contributed by atoms with Crippen molar-refractivity contribution in [2.45, 2.75) is 25.2 Å². The van der Waals surface area contributed by atoms with Gasteiger partial charge in [0.2, 0.25) is 23.6 Å². The molecule has 0 bridgehead atoms. The molecule has 7 heteroatoms. The number of phenolic OH excluding ortho intramolecular Hbond substituents is 1. The van der Waals surface area contributed by atoms with Crippen LogP contribution >= 0.6 is 0 Å². The Morgan fingerprint density at radius 3 is 1.93 bits per heavy atom. The van der Waals surface area contributed by atoms with Gasteiger partial charge in [-0.05, 0) is 55.0 Å². The maximum Gasteiger partial charge on any atom is 0.238 e. The minimum absolute atomic E-state index is 0.0722. The lowest BCUT2D eigenvalue weighted by Gasteiger charge is -2.44. The Hall–Kier alpha value is -4.78. The lowest BCUT2D eigenvalue weighted by atomic mass is 9.57. The highest BCUT2D eigenvalue weighted by Gasteiger charge is 2.62. The van der Waals surface area contributed by atoms with Crippen LogP contribution in [0.15, 0.2) is 103 Å². The Bertz CT molecular complexity index is 1660. The minimum atomic E-state index is -0.737. The second-order valence-corrected chi connectivity index (χ2v) is 11.6. The van der Waals surface area contributed by atoms with Gasteiger partial charge in [0.25, 0.3) is 0 Å². The SMILES string of the molecule is C=CCc1cccc([C@H]2C3=CC[C@@H]4C(=O)N(c5ccccc5)C(=O)[C@@H]4[C@@H]3C[C@H]3C(=O)N(c4ccccc4)C(=O)[C@@H]23)c1O. The van der Waals surface area contributed by atoms with Crippen LogP contribution in [0.2, 0.25) is 0 Å². The highest BCUT2D eigenvalue weighted by Crippen LogP contribution is 2.59. The molecule has 7 rings (SSSR count). The molecule has 0 unspecified atom stereocenters. The lowest BCUT2D eigenvalue weighted by Crippen LogP contribution is -2.43. The molecule has 2 saturated heterocycles.